The van der Waals surface area contributed by atoms with Crippen LogP contribution in [0.1, 0.15) is 35.1 Å². The number of hydrogen-bond acceptors (Lipinski definition) is 3. The van der Waals surface area contributed by atoms with Gasteiger partial charge in [0, 0.05) is 28.9 Å². The van der Waals surface area contributed by atoms with Crippen LogP contribution in [0.5, 0.6) is 5.88 Å². The van der Waals surface area contributed by atoms with Crippen LogP contribution < -0.4 is 4.74 Å². The summed E-state index contributed by atoms with van der Waals surface area (Å²) >= 11 is 2.85. The summed E-state index contributed by atoms with van der Waals surface area (Å²) in [5.41, 5.74) is 1.36. The summed E-state index contributed by atoms with van der Waals surface area (Å²) < 4.78 is 63.4. The molecule has 0 aliphatic heterocycles. The van der Waals surface area contributed by atoms with Gasteiger partial charge in [-0.05, 0) is 54.4 Å². The van der Waals surface area contributed by atoms with E-state index >= 15 is 0 Å². The lowest BCUT2D eigenvalue weighted by Crippen LogP contribution is -2.09. The van der Waals surface area contributed by atoms with Gasteiger partial charge >= 0.3 is 6.18 Å². The summed E-state index contributed by atoms with van der Waals surface area (Å²) in [5, 5.41) is 0. The number of aromatic nitrogens is 1. The molecule has 2 aromatic rings. The van der Waals surface area contributed by atoms with Crippen LogP contribution in [0.4, 0.5) is 17.6 Å². The zero-order valence-corrected chi connectivity index (χ0v) is 16.6. The molecule has 3 atom stereocenters. The minimum absolute atomic E-state index is 0.0294. The van der Waals surface area contributed by atoms with Crippen molar-refractivity contribution >= 4 is 15.9 Å². The average Bonchev–Trinajstić information content (AvgIpc) is 3.17. The minimum Gasteiger partial charge on any atom is -0.473 e. The molecule has 1 aromatic heterocycles. The Morgan fingerprint density at radius 2 is 2.04 bits per heavy atom. The highest BCUT2D eigenvalue weighted by Gasteiger charge is 2.55. The molecular weight excluding hydrogens is 442 g/mol. The average molecular weight is 460 g/mol. The van der Waals surface area contributed by atoms with Gasteiger partial charge in [0.15, 0.2) is 0 Å². The molecule has 150 valence electrons. The first-order chi connectivity index (χ1) is 13.3. The van der Waals surface area contributed by atoms with Crippen molar-refractivity contribution in [2.24, 2.45) is 11.8 Å². The monoisotopic (exact) mass is 459 g/mol. The highest BCUT2D eigenvalue weighted by Crippen LogP contribution is 2.61. The topological polar surface area (TPSA) is 31.4 Å². The van der Waals surface area contributed by atoms with Crippen LogP contribution in [-0.2, 0) is 23.9 Å². The van der Waals surface area contributed by atoms with Crippen LogP contribution >= 0.6 is 15.9 Å². The van der Waals surface area contributed by atoms with E-state index in [0.29, 0.717) is 36.3 Å². The van der Waals surface area contributed by atoms with Crippen LogP contribution in [0, 0.1) is 17.7 Å². The predicted octanol–water partition coefficient (Wildman–Crippen LogP) is 5.50. The molecule has 3 unspecified atom stereocenters. The van der Waals surface area contributed by atoms with E-state index in [1.54, 1.807) is 6.20 Å². The lowest BCUT2D eigenvalue weighted by molar-refractivity contribution is -0.138. The molecule has 1 aromatic carbocycles. The predicted molar refractivity (Wildman–Crippen MR) is 97.6 cm³/mol. The van der Waals surface area contributed by atoms with Crippen molar-refractivity contribution in [3.8, 4) is 5.88 Å². The maximum atomic E-state index is 14.1. The van der Waals surface area contributed by atoms with Gasteiger partial charge in [0.25, 0.3) is 0 Å². The zero-order chi connectivity index (χ0) is 20.1. The Kier molecular flexibility index (Phi) is 5.12. The number of ether oxygens (including phenoxy) is 2. The normalized spacial score (nSPS) is 22.7. The maximum Gasteiger partial charge on any atom is 0.417 e. The Morgan fingerprint density at radius 3 is 2.75 bits per heavy atom. The van der Waals surface area contributed by atoms with E-state index < -0.39 is 17.6 Å². The van der Waals surface area contributed by atoms with Gasteiger partial charge in [0.2, 0.25) is 5.88 Å². The summed E-state index contributed by atoms with van der Waals surface area (Å²) in [6.45, 7) is 3.26. The molecule has 0 spiro atoms. The standard InChI is InChI=1S/C20H18BrF4NO2/c1-2-27-9-14-12-3-10-5-18(26-7-13(10)19(12)14)28-8-11-4-16(21)15(6-17(11)22)20(23,24)25/h4-7,12,14,19H,2-3,8-9H2,1H3. The van der Waals surface area contributed by atoms with Crippen molar-refractivity contribution in [2.45, 2.75) is 32.0 Å². The van der Waals surface area contributed by atoms with Gasteiger partial charge in [0.05, 0.1) is 12.2 Å². The maximum absolute atomic E-state index is 14.1. The summed E-state index contributed by atoms with van der Waals surface area (Å²) in [7, 11) is 0. The molecule has 1 fully saturated rings. The fourth-order valence-electron chi connectivity index (χ4n) is 4.03. The van der Waals surface area contributed by atoms with Gasteiger partial charge < -0.3 is 9.47 Å². The number of benzene rings is 1. The molecule has 1 saturated carbocycles. The molecule has 2 aliphatic rings. The highest BCUT2D eigenvalue weighted by atomic mass is 79.9. The summed E-state index contributed by atoms with van der Waals surface area (Å²) in [5.74, 6) is 1.02. The Morgan fingerprint density at radius 1 is 1.25 bits per heavy atom. The second kappa shape index (κ2) is 7.30. The van der Waals surface area contributed by atoms with Gasteiger partial charge in [-0.15, -0.1) is 0 Å². The highest BCUT2D eigenvalue weighted by molar-refractivity contribution is 9.10. The fourth-order valence-corrected chi connectivity index (χ4v) is 4.64. The van der Waals surface area contributed by atoms with Crippen LogP contribution in [0.15, 0.2) is 28.9 Å². The third-order valence-corrected chi connectivity index (χ3v) is 6.13. The molecule has 8 heteroatoms. The SMILES string of the molecule is CCOCC1C2Cc3cc(OCc4cc(Br)c(C(F)(F)F)cc4F)ncc3C12. The van der Waals surface area contributed by atoms with Crippen molar-refractivity contribution in [3.05, 3.63) is 56.9 Å². The quantitative estimate of drug-likeness (QED) is 0.534. The van der Waals surface area contributed by atoms with Crippen LogP contribution in [0.3, 0.4) is 0 Å². The van der Waals surface area contributed by atoms with Crippen molar-refractivity contribution in [1.82, 2.24) is 4.98 Å². The number of rotatable bonds is 6. The summed E-state index contributed by atoms with van der Waals surface area (Å²) in [6, 6.07) is 3.42. The van der Waals surface area contributed by atoms with E-state index in [2.05, 4.69) is 20.9 Å². The Labute approximate surface area is 168 Å². The lowest BCUT2D eigenvalue weighted by Gasteiger charge is -2.13. The van der Waals surface area contributed by atoms with Crippen molar-refractivity contribution in [3.63, 3.8) is 0 Å². The van der Waals surface area contributed by atoms with Gasteiger partial charge in [-0.2, -0.15) is 13.2 Å². The first-order valence-corrected chi connectivity index (χ1v) is 9.83. The van der Waals surface area contributed by atoms with Crippen molar-refractivity contribution < 1.29 is 27.0 Å². The van der Waals surface area contributed by atoms with Gasteiger partial charge in [-0.1, -0.05) is 15.9 Å². The van der Waals surface area contributed by atoms with E-state index in [1.807, 2.05) is 13.0 Å². The van der Waals surface area contributed by atoms with Crippen molar-refractivity contribution in [2.75, 3.05) is 13.2 Å². The van der Waals surface area contributed by atoms with E-state index in [4.69, 9.17) is 9.47 Å². The Bertz CT molecular complexity index is 903. The van der Waals surface area contributed by atoms with Gasteiger partial charge in [-0.25, -0.2) is 9.37 Å². The first kappa shape index (κ1) is 19.6. The largest absolute Gasteiger partial charge is 0.473 e. The van der Waals surface area contributed by atoms with E-state index in [0.717, 1.165) is 19.1 Å². The van der Waals surface area contributed by atoms with Crippen LogP contribution in [0.2, 0.25) is 0 Å². The molecule has 3 nitrogen and oxygen atoms in total. The molecule has 0 amide bonds. The van der Waals surface area contributed by atoms with E-state index in [-0.39, 0.29) is 16.6 Å². The van der Waals surface area contributed by atoms with Crippen LogP contribution in [-0.4, -0.2) is 18.2 Å². The molecule has 0 radical (unpaired) electrons. The molecular formula is C20H18BrF4NO2. The van der Waals surface area contributed by atoms with E-state index in [1.165, 1.54) is 11.1 Å². The third kappa shape index (κ3) is 3.64. The third-order valence-electron chi connectivity index (χ3n) is 5.48. The number of alkyl halides is 3. The second-order valence-corrected chi connectivity index (χ2v) is 8.00. The minimum atomic E-state index is -4.62. The zero-order valence-electron chi connectivity index (χ0n) is 15.0. The molecule has 4 rings (SSSR count). The molecule has 0 saturated heterocycles. The molecule has 28 heavy (non-hydrogen) atoms. The number of fused-ring (bicyclic) bond motifs is 3. The smallest absolute Gasteiger partial charge is 0.417 e. The number of halogens is 5. The molecule has 2 aliphatic carbocycles. The van der Waals surface area contributed by atoms with Gasteiger partial charge in [0.1, 0.15) is 12.4 Å². The van der Waals surface area contributed by atoms with Gasteiger partial charge in [-0.3, -0.25) is 0 Å². The van der Waals surface area contributed by atoms with Crippen molar-refractivity contribution in [1.29, 1.82) is 0 Å². The fraction of sp³-hybridized carbons (Fsp3) is 0.450. The second-order valence-electron chi connectivity index (χ2n) is 7.15. The lowest BCUT2D eigenvalue weighted by atomic mass is 10.1. The van der Waals surface area contributed by atoms with Crippen LogP contribution in [0.25, 0.3) is 0 Å². The first-order valence-electron chi connectivity index (χ1n) is 9.04. The molecule has 1 heterocycles. The molecule has 0 bridgehead atoms. The Hall–Kier alpha value is -1.67. The summed E-state index contributed by atoms with van der Waals surface area (Å²) in [4.78, 5) is 4.29. The number of pyridine rings is 1. The summed E-state index contributed by atoms with van der Waals surface area (Å²) in [6.07, 6.45) is -1.89. The Balaban J connectivity index is 1.43. The number of nitrogens with zero attached hydrogens (tertiary/aromatic N) is 1. The van der Waals surface area contributed by atoms with E-state index in [9.17, 15) is 17.6 Å². The number of hydrogen-bond donors (Lipinski definition) is 0. The molecule has 0 N–H and O–H groups in total.